The van der Waals surface area contributed by atoms with Gasteiger partial charge in [-0.3, -0.25) is 4.79 Å². The molecule has 102 valence electrons. The molecule has 0 heterocycles. The first-order valence-electron chi connectivity index (χ1n) is 6.46. The second-order valence-corrected chi connectivity index (χ2v) is 6.21. The zero-order valence-corrected chi connectivity index (χ0v) is 13.0. The Bertz CT molecular complexity index is 229. The quantitative estimate of drug-likeness (QED) is 0.704. The normalized spacial score (nSPS) is 12.6. The zero-order chi connectivity index (χ0) is 13.5. The van der Waals surface area contributed by atoms with Gasteiger partial charge in [0, 0.05) is 11.3 Å². The maximum absolute atomic E-state index is 12.1. The Balaban J connectivity index is 4.40. The van der Waals surface area contributed by atoms with Gasteiger partial charge < -0.3 is 10.6 Å². The summed E-state index contributed by atoms with van der Waals surface area (Å²) in [6.07, 6.45) is 4.27. The van der Waals surface area contributed by atoms with Crippen molar-refractivity contribution >= 4 is 17.7 Å². The molecular weight excluding hydrogens is 232 g/mol. The Morgan fingerprint density at radius 3 is 2.06 bits per heavy atom. The maximum Gasteiger partial charge on any atom is 0.239 e. The fourth-order valence-electron chi connectivity index (χ4n) is 1.85. The van der Waals surface area contributed by atoms with Crippen molar-refractivity contribution in [3.8, 4) is 0 Å². The highest BCUT2D eigenvalue weighted by Gasteiger charge is 2.30. The molecule has 1 amide bonds. The van der Waals surface area contributed by atoms with Crippen molar-refractivity contribution < 1.29 is 4.79 Å². The summed E-state index contributed by atoms with van der Waals surface area (Å²) in [5.41, 5.74) is -0.486. The first kappa shape index (κ1) is 16.8. The highest BCUT2D eigenvalue weighted by molar-refractivity contribution is 8.00. The number of carbonyl (C=O) groups is 1. The van der Waals surface area contributed by atoms with Gasteiger partial charge in [0.25, 0.3) is 0 Å². The lowest BCUT2D eigenvalue weighted by Crippen LogP contribution is -2.54. The van der Waals surface area contributed by atoms with E-state index in [0.717, 1.165) is 25.9 Å². The molecule has 0 spiro atoms. The summed E-state index contributed by atoms with van der Waals surface area (Å²) in [7, 11) is 0. The van der Waals surface area contributed by atoms with E-state index < -0.39 is 5.54 Å². The third kappa shape index (κ3) is 4.88. The van der Waals surface area contributed by atoms with Gasteiger partial charge in [0.1, 0.15) is 0 Å². The van der Waals surface area contributed by atoms with E-state index in [1.54, 1.807) is 0 Å². The second-order valence-electron chi connectivity index (χ2n) is 4.93. The molecule has 0 saturated carbocycles. The molecule has 0 aromatic carbocycles. The number of thioether (sulfide) groups is 1. The minimum Gasteiger partial charge on any atom is -0.353 e. The first-order chi connectivity index (χ1) is 7.87. The number of rotatable bonds is 8. The van der Waals surface area contributed by atoms with Gasteiger partial charge >= 0.3 is 0 Å². The fraction of sp³-hybridized carbons (Fsp3) is 0.923. The predicted octanol–water partition coefficient (Wildman–Crippen LogP) is 2.41. The average molecular weight is 260 g/mol. The molecule has 0 atom stereocenters. The largest absolute Gasteiger partial charge is 0.353 e. The Labute approximate surface area is 111 Å². The van der Waals surface area contributed by atoms with Crippen LogP contribution in [0.25, 0.3) is 0 Å². The summed E-state index contributed by atoms with van der Waals surface area (Å²) in [5.74, 6) is 0.0830. The first-order valence-corrected chi connectivity index (χ1v) is 7.68. The number of likely N-dealkylation sites (N-methyl/N-ethyl adjacent to an activating group) is 1. The molecule has 0 fully saturated rings. The molecule has 0 aliphatic rings. The fourth-order valence-corrected chi connectivity index (χ4v) is 2.64. The average Bonchev–Trinajstić information content (AvgIpc) is 2.31. The van der Waals surface area contributed by atoms with Crippen LogP contribution in [0.15, 0.2) is 0 Å². The van der Waals surface area contributed by atoms with Crippen molar-refractivity contribution in [2.24, 2.45) is 0 Å². The third-order valence-corrected chi connectivity index (χ3v) is 5.07. The van der Waals surface area contributed by atoms with Crippen molar-refractivity contribution in [2.45, 2.75) is 57.7 Å². The zero-order valence-electron chi connectivity index (χ0n) is 12.1. The molecule has 0 radical (unpaired) electrons. The molecule has 0 unspecified atom stereocenters. The van der Waals surface area contributed by atoms with Gasteiger partial charge in [-0.15, -0.1) is 0 Å². The van der Waals surface area contributed by atoms with Crippen LogP contribution in [0.1, 0.15) is 47.5 Å². The van der Waals surface area contributed by atoms with Crippen molar-refractivity contribution in [3.63, 3.8) is 0 Å². The van der Waals surface area contributed by atoms with E-state index in [9.17, 15) is 4.79 Å². The van der Waals surface area contributed by atoms with E-state index in [2.05, 4.69) is 30.7 Å². The monoisotopic (exact) mass is 260 g/mol. The predicted molar refractivity (Wildman–Crippen MR) is 77.6 cm³/mol. The molecule has 0 aromatic rings. The van der Waals surface area contributed by atoms with E-state index >= 15 is 0 Å². The van der Waals surface area contributed by atoms with Crippen molar-refractivity contribution in [1.82, 2.24) is 10.6 Å². The number of amides is 1. The van der Waals surface area contributed by atoms with Gasteiger partial charge in [0.05, 0.1) is 5.54 Å². The molecule has 0 aliphatic carbocycles. The van der Waals surface area contributed by atoms with Crippen LogP contribution in [0.3, 0.4) is 0 Å². The number of hydrogen-bond acceptors (Lipinski definition) is 3. The second kappa shape index (κ2) is 7.27. The Hall–Kier alpha value is -0.220. The van der Waals surface area contributed by atoms with E-state index in [4.69, 9.17) is 0 Å². The molecule has 0 aromatic heterocycles. The molecule has 0 saturated heterocycles. The van der Waals surface area contributed by atoms with Crippen LogP contribution in [0.2, 0.25) is 0 Å². The van der Waals surface area contributed by atoms with E-state index in [-0.39, 0.29) is 10.7 Å². The van der Waals surface area contributed by atoms with Crippen LogP contribution in [0.5, 0.6) is 0 Å². The van der Waals surface area contributed by atoms with Gasteiger partial charge in [-0.05, 0) is 39.5 Å². The topological polar surface area (TPSA) is 41.1 Å². The molecular formula is C13H28N2OS. The minimum absolute atomic E-state index is 0.0830. The molecule has 17 heavy (non-hydrogen) atoms. The Kier molecular flexibility index (Phi) is 7.17. The van der Waals surface area contributed by atoms with E-state index in [0.29, 0.717) is 0 Å². The van der Waals surface area contributed by atoms with Crippen molar-refractivity contribution in [1.29, 1.82) is 0 Å². The molecule has 3 nitrogen and oxygen atoms in total. The van der Waals surface area contributed by atoms with E-state index in [1.807, 2.05) is 32.5 Å². The number of carbonyl (C=O) groups excluding carboxylic acids is 1. The van der Waals surface area contributed by atoms with E-state index in [1.165, 1.54) is 0 Å². The molecule has 2 N–H and O–H groups in total. The van der Waals surface area contributed by atoms with Crippen LogP contribution in [0.4, 0.5) is 0 Å². The lowest BCUT2D eigenvalue weighted by atomic mass is 10.00. The molecule has 4 heteroatoms. The van der Waals surface area contributed by atoms with Gasteiger partial charge in [0.15, 0.2) is 0 Å². The smallest absolute Gasteiger partial charge is 0.239 e. The summed E-state index contributed by atoms with van der Waals surface area (Å²) in [6, 6.07) is 0. The maximum atomic E-state index is 12.1. The van der Waals surface area contributed by atoms with Gasteiger partial charge in [-0.25, -0.2) is 0 Å². The van der Waals surface area contributed by atoms with Crippen LogP contribution < -0.4 is 10.6 Å². The summed E-state index contributed by atoms with van der Waals surface area (Å²) in [4.78, 5) is 12.1. The SMILES string of the molecule is CCNC(C)(C)C(=O)NCC(CC)(CC)SC. The van der Waals surface area contributed by atoms with Crippen LogP contribution >= 0.6 is 11.8 Å². The molecule has 0 bridgehead atoms. The van der Waals surface area contributed by atoms with Crippen molar-refractivity contribution in [3.05, 3.63) is 0 Å². The summed E-state index contributed by atoms with van der Waals surface area (Å²) in [5, 5.41) is 6.27. The highest BCUT2D eigenvalue weighted by Crippen LogP contribution is 2.29. The minimum atomic E-state index is -0.486. The van der Waals surface area contributed by atoms with Gasteiger partial charge in [-0.1, -0.05) is 20.8 Å². The van der Waals surface area contributed by atoms with Crippen LogP contribution in [-0.2, 0) is 4.79 Å². The van der Waals surface area contributed by atoms with Crippen LogP contribution in [-0.4, -0.2) is 35.5 Å². The van der Waals surface area contributed by atoms with Crippen LogP contribution in [0, 0.1) is 0 Å². The number of nitrogens with one attached hydrogen (secondary N) is 2. The van der Waals surface area contributed by atoms with Gasteiger partial charge in [-0.2, -0.15) is 11.8 Å². The lowest BCUT2D eigenvalue weighted by Gasteiger charge is -2.32. The third-order valence-electron chi connectivity index (χ3n) is 3.48. The van der Waals surface area contributed by atoms with Gasteiger partial charge in [0.2, 0.25) is 5.91 Å². The highest BCUT2D eigenvalue weighted by atomic mass is 32.2. The molecule has 0 aliphatic heterocycles. The molecule has 0 rings (SSSR count). The number of hydrogen-bond donors (Lipinski definition) is 2. The summed E-state index contributed by atoms with van der Waals surface area (Å²) >= 11 is 1.85. The summed E-state index contributed by atoms with van der Waals surface area (Å²) < 4.78 is 0.179. The summed E-state index contributed by atoms with van der Waals surface area (Å²) in [6.45, 7) is 11.8. The lowest BCUT2D eigenvalue weighted by molar-refractivity contribution is -0.126. The Morgan fingerprint density at radius 2 is 1.71 bits per heavy atom. The standard InChI is InChI=1S/C13H28N2OS/c1-7-13(8-2,17-6)10-14-11(16)12(4,5)15-9-3/h15H,7-10H2,1-6H3,(H,14,16). The Morgan fingerprint density at radius 1 is 1.18 bits per heavy atom. The van der Waals surface area contributed by atoms with Crippen molar-refractivity contribution in [2.75, 3.05) is 19.3 Å².